The van der Waals surface area contributed by atoms with Crippen molar-refractivity contribution in [2.45, 2.75) is 47.5 Å². The Labute approximate surface area is 130 Å². The first-order chi connectivity index (χ1) is 10.0. The van der Waals surface area contributed by atoms with Gasteiger partial charge < -0.3 is 9.47 Å². The van der Waals surface area contributed by atoms with Crippen molar-refractivity contribution in [1.82, 2.24) is 0 Å². The molecule has 0 saturated heterocycles. The molecule has 0 radical (unpaired) electrons. The molecule has 0 aliphatic heterocycles. The van der Waals surface area contributed by atoms with E-state index in [0.29, 0.717) is 11.8 Å². The highest BCUT2D eigenvalue weighted by atomic mass is 16.5. The van der Waals surface area contributed by atoms with Gasteiger partial charge in [0.25, 0.3) is 0 Å². The van der Waals surface area contributed by atoms with Crippen molar-refractivity contribution < 1.29 is 9.47 Å². The van der Waals surface area contributed by atoms with Crippen molar-refractivity contribution in [3.8, 4) is 11.5 Å². The molecule has 1 rings (SSSR count). The van der Waals surface area contributed by atoms with E-state index in [1.165, 1.54) is 5.56 Å². The third-order valence-corrected chi connectivity index (χ3v) is 2.99. The van der Waals surface area contributed by atoms with Gasteiger partial charge in [0.2, 0.25) is 0 Å². The quantitative estimate of drug-likeness (QED) is 0.577. The number of aryl methyl sites for hydroxylation is 1. The van der Waals surface area contributed by atoms with Crippen LogP contribution in [0.1, 0.15) is 46.6 Å². The lowest BCUT2D eigenvalue weighted by Gasteiger charge is -2.16. The summed E-state index contributed by atoms with van der Waals surface area (Å²) in [5, 5.41) is 0. The van der Waals surface area contributed by atoms with Crippen LogP contribution < -0.4 is 9.47 Å². The summed E-state index contributed by atoms with van der Waals surface area (Å²) >= 11 is 0. The van der Waals surface area contributed by atoms with Gasteiger partial charge in [0.05, 0.1) is 13.2 Å². The molecule has 0 atom stereocenters. The molecular formula is C19H30O2. The average Bonchev–Trinajstić information content (AvgIpc) is 2.44. The van der Waals surface area contributed by atoms with E-state index in [-0.39, 0.29) is 0 Å². The summed E-state index contributed by atoms with van der Waals surface area (Å²) < 4.78 is 11.8. The van der Waals surface area contributed by atoms with Crippen LogP contribution in [-0.2, 0) is 6.42 Å². The molecule has 2 heteroatoms. The molecule has 0 unspecified atom stereocenters. The lowest BCUT2D eigenvalue weighted by atomic mass is 10.1. The van der Waals surface area contributed by atoms with Gasteiger partial charge in [-0.3, -0.25) is 0 Å². The molecule has 1 aromatic carbocycles. The Balaban J connectivity index is 2.79. The molecule has 0 heterocycles. The first-order valence-electron chi connectivity index (χ1n) is 8.02. The van der Waals surface area contributed by atoms with Gasteiger partial charge in [-0.2, -0.15) is 0 Å². The van der Waals surface area contributed by atoms with E-state index in [9.17, 15) is 0 Å². The monoisotopic (exact) mass is 290 g/mol. The SMILES string of the molecule is C/C=C\CCc1ccc(OCC(C)C)c(OCC(C)C)c1. The predicted octanol–water partition coefficient (Wildman–Crippen LogP) is 5.26. The minimum atomic E-state index is 0.509. The van der Waals surface area contributed by atoms with Crippen LogP contribution >= 0.6 is 0 Å². The summed E-state index contributed by atoms with van der Waals surface area (Å²) in [6.07, 6.45) is 6.38. The molecular weight excluding hydrogens is 260 g/mol. The van der Waals surface area contributed by atoms with Crippen molar-refractivity contribution in [3.63, 3.8) is 0 Å². The molecule has 0 spiro atoms. The number of rotatable bonds is 9. The molecule has 1 aromatic rings. The van der Waals surface area contributed by atoms with Crippen LogP contribution in [-0.4, -0.2) is 13.2 Å². The average molecular weight is 290 g/mol. The van der Waals surface area contributed by atoms with E-state index in [0.717, 1.165) is 37.6 Å². The minimum absolute atomic E-state index is 0.509. The van der Waals surface area contributed by atoms with Crippen LogP contribution in [0.3, 0.4) is 0 Å². The van der Waals surface area contributed by atoms with Crippen LogP contribution in [0, 0.1) is 11.8 Å². The van der Waals surface area contributed by atoms with Gasteiger partial charge in [0.1, 0.15) is 0 Å². The highest BCUT2D eigenvalue weighted by molar-refractivity contribution is 5.43. The first-order valence-corrected chi connectivity index (χ1v) is 8.02. The molecule has 0 aromatic heterocycles. The Morgan fingerprint density at radius 2 is 1.57 bits per heavy atom. The molecule has 118 valence electrons. The van der Waals surface area contributed by atoms with Crippen LogP contribution in [0.25, 0.3) is 0 Å². The number of allylic oxidation sites excluding steroid dienone is 2. The van der Waals surface area contributed by atoms with E-state index in [1.54, 1.807) is 0 Å². The summed E-state index contributed by atoms with van der Waals surface area (Å²) in [6.45, 7) is 12.1. The molecule has 0 fully saturated rings. The summed E-state index contributed by atoms with van der Waals surface area (Å²) in [5.41, 5.74) is 1.30. The van der Waals surface area contributed by atoms with Crippen molar-refractivity contribution >= 4 is 0 Å². The van der Waals surface area contributed by atoms with Crippen LogP contribution in [0.5, 0.6) is 11.5 Å². The maximum Gasteiger partial charge on any atom is 0.161 e. The topological polar surface area (TPSA) is 18.5 Å². The fraction of sp³-hybridized carbons (Fsp3) is 0.579. The third kappa shape index (κ3) is 7.22. The van der Waals surface area contributed by atoms with Gasteiger partial charge in [0.15, 0.2) is 11.5 Å². The Bertz CT molecular complexity index is 433. The highest BCUT2D eigenvalue weighted by Gasteiger charge is 2.08. The second kappa shape index (κ2) is 9.49. The Hall–Kier alpha value is -1.44. The maximum absolute atomic E-state index is 5.93. The Morgan fingerprint density at radius 3 is 2.14 bits per heavy atom. The number of ether oxygens (including phenoxy) is 2. The number of benzene rings is 1. The zero-order chi connectivity index (χ0) is 15.7. The highest BCUT2D eigenvalue weighted by Crippen LogP contribution is 2.30. The molecule has 2 nitrogen and oxygen atoms in total. The van der Waals surface area contributed by atoms with Crippen LogP contribution in [0.15, 0.2) is 30.4 Å². The van der Waals surface area contributed by atoms with E-state index >= 15 is 0 Å². The Morgan fingerprint density at radius 1 is 0.952 bits per heavy atom. The van der Waals surface area contributed by atoms with Crippen LogP contribution in [0.2, 0.25) is 0 Å². The molecule has 0 aliphatic rings. The smallest absolute Gasteiger partial charge is 0.161 e. The van der Waals surface area contributed by atoms with Crippen molar-refractivity contribution in [2.75, 3.05) is 13.2 Å². The summed E-state index contributed by atoms with van der Waals surface area (Å²) in [6, 6.07) is 6.31. The second-order valence-electron chi connectivity index (χ2n) is 6.30. The van der Waals surface area contributed by atoms with Crippen molar-refractivity contribution in [2.24, 2.45) is 11.8 Å². The van der Waals surface area contributed by atoms with Crippen molar-refractivity contribution in [3.05, 3.63) is 35.9 Å². The zero-order valence-corrected chi connectivity index (χ0v) is 14.2. The van der Waals surface area contributed by atoms with E-state index in [2.05, 4.69) is 58.9 Å². The zero-order valence-electron chi connectivity index (χ0n) is 14.2. The van der Waals surface area contributed by atoms with Gasteiger partial charge in [-0.25, -0.2) is 0 Å². The van der Waals surface area contributed by atoms with E-state index < -0.39 is 0 Å². The predicted molar refractivity (Wildman–Crippen MR) is 90.2 cm³/mol. The molecule has 0 N–H and O–H groups in total. The minimum Gasteiger partial charge on any atom is -0.489 e. The van der Waals surface area contributed by atoms with E-state index in [4.69, 9.17) is 9.47 Å². The maximum atomic E-state index is 5.93. The van der Waals surface area contributed by atoms with Gasteiger partial charge in [0, 0.05) is 0 Å². The van der Waals surface area contributed by atoms with E-state index in [1.807, 2.05) is 6.07 Å². The molecule has 0 saturated carbocycles. The van der Waals surface area contributed by atoms with Gasteiger partial charge in [-0.1, -0.05) is 45.9 Å². The normalized spacial score (nSPS) is 11.6. The molecule has 0 bridgehead atoms. The summed E-state index contributed by atoms with van der Waals surface area (Å²) in [4.78, 5) is 0. The number of hydrogen-bond donors (Lipinski definition) is 0. The molecule has 0 aliphatic carbocycles. The lowest BCUT2D eigenvalue weighted by Crippen LogP contribution is -2.09. The molecule has 0 amide bonds. The summed E-state index contributed by atoms with van der Waals surface area (Å²) in [5.74, 6) is 2.76. The third-order valence-electron chi connectivity index (χ3n) is 2.99. The Kier molecular flexibility index (Phi) is 7.96. The standard InChI is InChI=1S/C19H30O2/c1-6-7-8-9-17-10-11-18(20-13-15(2)3)19(12-17)21-14-16(4)5/h6-7,10-12,15-16H,8-9,13-14H2,1-5H3/b7-6-. The summed E-state index contributed by atoms with van der Waals surface area (Å²) in [7, 11) is 0. The largest absolute Gasteiger partial charge is 0.489 e. The van der Waals surface area contributed by atoms with Crippen LogP contribution in [0.4, 0.5) is 0 Å². The second-order valence-corrected chi connectivity index (χ2v) is 6.30. The fourth-order valence-electron chi connectivity index (χ4n) is 1.87. The molecule has 21 heavy (non-hydrogen) atoms. The van der Waals surface area contributed by atoms with Gasteiger partial charge in [-0.15, -0.1) is 0 Å². The van der Waals surface area contributed by atoms with Crippen molar-refractivity contribution in [1.29, 1.82) is 0 Å². The van der Waals surface area contributed by atoms with Gasteiger partial charge >= 0.3 is 0 Å². The lowest BCUT2D eigenvalue weighted by molar-refractivity contribution is 0.229. The first kappa shape index (κ1) is 17.6. The number of hydrogen-bond acceptors (Lipinski definition) is 2. The fourth-order valence-corrected chi connectivity index (χ4v) is 1.87. The van der Waals surface area contributed by atoms with Gasteiger partial charge in [-0.05, 0) is 49.3 Å².